The Kier molecular flexibility index (Phi) is 3.57. The van der Waals surface area contributed by atoms with E-state index in [1.807, 2.05) is 24.0 Å². The van der Waals surface area contributed by atoms with Crippen LogP contribution in [0, 0.1) is 6.92 Å². The van der Waals surface area contributed by atoms with Crippen LogP contribution in [0.25, 0.3) is 11.2 Å². The molecule has 0 saturated carbocycles. The number of aromatic amines is 1. The Hall–Kier alpha value is -2.28. The van der Waals surface area contributed by atoms with Gasteiger partial charge in [-0.15, -0.1) is 11.3 Å². The van der Waals surface area contributed by atoms with Crippen LogP contribution in [0.15, 0.2) is 24.5 Å². The topological polar surface area (TPSA) is 74.8 Å². The minimum Gasteiger partial charge on any atom is -0.337 e. The fraction of sp³-hybridized carbons (Fsp3) is 0.375. The molecule has 7 heteroatoms. The van der Waals surface area contributed by atoms with Crippen molar-refractivity contribution in [3.63, 3.8) is 0 Å². The van der Waals surface area contributed by atoms with Gasteiger partial charge in [-0.1, -0.05) is 0 Å². The third-order valence-electron chi connectivity index (χ3n) is 4.28. The number of nitrogens with one attached hydrogen (secondary N) is 1. The molecule has 1 fully saturated rings. The number of amides is 1. The Balaban J connectivity index is 1.58. The van der Waals surface area contributed by atoms with E-state index in [4.69, 9.17) is 0 Å². The van der Waals surface area contributed by atoms with E-state index >= 15 is 0 Å². The lowest BCUT2D eigenvalue weighted by molar-refractivity contribution is 0.0711. The molecule has 4 rings (SSSR count). The summed E-state index contributed by atoms with van der Waals surface area (Å²) in [5.41, 5.74) is 2.45. The Morgan fingerprint density at radius 3 is 3.04 bits per heavy atom. The highest BCUT2D eigenvalue weighted by molar-refractivity contribution is 7.13. The highest BCUT2D eigenvalue weighted by Crippen LogP contribution is 2.30. The zero-order valence-corrected chi connectivity index (χ0v) is 13.6. The van der Waals surface area contributed by atoms with Crippen LogP contribution in [-0.4, -0.2) is 44.1 Å². The fourth-order valence-electron chi connectivity index (χ4n) is 3.16. The van der Waals surface area contributed by atoms with E-state index in [1.54, 1.807) is 23.7 Å². The summed E-state index contributed by atoms with van der Waals surface area (Å²) in [6.45, 7) is 3.53. The number of aromatic nitrogens is 4. The molecule has 4 heterocycles. The third kappa shape index (κ3) is 2.61. The van der Waals surface area contributed by atoms with E-state index in [0.717, 1.165) is 40.4 Å². The van der Waals surface area contributed by atoms with Crippen LogP contribution in [0.5, 0.6) is 0 Å². The van der Waals surface area contributed by atoms with Gasteiger partial charge in [-0.3, -0.25) is 9.89 Å². The van der Waals surface area contributed by atoms with E-state index in [1.165, 1.54) is 0 Å². The maximum Gasteiger partial charge on any atom is 0.263 e. The largest absolute Gasteiger partial charge is 0.337 e. The maximum absolute atomic E-state index is 12.7. The second kappa shape index (κ2) is 5.73. The maximum atomic E-state index is 12.7. The molecule has 3 aromatic rings. The summed E-state index contributed by atoms with van der Waals surface area (Å²) in [5, 5.41) is 7.30. The van der Waals surface area contributed by atoms with Gasteiger partial charge in [-0.25, -0.2) is 9.97 Å². The number of likely N-dealkylation sites (tertiary alicyclic amines) is 1. The van der Waals surface area contributed by atoms with Gasteiger partial charge in [0.05, 0.1) is 10.6 Å². The molecule has 0 bridgehead atoms. The van der Waals surface area contributed by atoms with Crippen molar-refractivity contribution in [3.05, 3.63) is 40.0 Å². The molecule has 1 unspecified atom stereocenters. The highest BCUT2D eigenvalue weighted by Gasteiger charge is 2.28. The lowest BCUT2D eigenvalue weighted by Crippen LogP contribution is -2.39. The molecule has 1 atom stereocenters. The highest BCUT2D eigenvalue weighted by atomic mass is 32.1. The SMILES string of the molecule is Cc1ccc(C(=O)N2CCCC(c3[nH]nc4nccnc34)C2)s1. The summed E-state index contributed by atoms with van der Waals surface area (Å²) in [6.07, 6.45) is 5.34. The van der Waals surface area contributed by atoms with Crippen molar-refractivity contribution in [2.45, 2.75) is 25.7 Å². The number of H-pyrrole nitrogens is 1. The zero-order chi connectivity index (χ0) is 15.8. The average molecular weight is 327 g/mol. The first kappa shape index (κ1) is 14.3. The molecule has 0 aliphatic carbocycles. The summed E-state index contributed by atoms with van der Waals surface area (Å²) >= 11 is 1.56. The predicted octanol–water partition coefficient (Wildman–Crippen LogP) is 2.74. The second-order valence-corrected chi connectivity index (χ2v) is 7.15. The summed E-state index contributed by atoms with van der Waals surface area (Å²) in [4.78, 5) is 25.2. The van der Waals surface area contributed by atoms with Crippen LogP contribution in [0.1, 0.15) is 39.0 Å². The van der Waals surface area contributed by atoms with Gasteiger partial charge in [0.25, 0.3) is 5.91 Å². The first-order valence-electron chi connectivity index (χ1n) is 7.73. The molecule has 118 valence electrons. The van der Waals surface area contributed by atoms with Gasteiger partial charge >= 0.3 is 0 Å². The number of thiophene rings is 1. The van der Waals surface area contributed by atoms with Crippen LogP contribution in [0.4, 0.5) is 0 Å². The molecule has 1 saturated heterocycles. The Labute approximate surface area is 137 Å². The summed E-state index contributed by atoms with van der Waals surface area (Å²) < 4.78 is 0. The number of nitrogens with zero attached hydrogens (tertiary/aromatic N) is 4. The monoisotopic (exact) mass is 327 g/mol. The molecule has 1 aliphatic heterocycles. The number of carbonyl (C=O) groups is 1. The first-order chi connectivity index (χ1) is 11.2. The van der Waals surface area contributed by atoms with Crippen molar-refractivity contribution in [1.82, 2.24) is 25.1 Å². The third-order valence-corrected chi connectivity index (χ3v) is 5.27. The van der Waals surface area contributed by atoms with Gasteiger partial charge in [-0.05, 0) is 31.9 Å². The molecule has 23 heavy (non-hydrogen) atoms. The predicted molar refractivity (Wildman–Crippen MR) is 88.6 cm³/mol. The number of carbonyl (C=O) groups excluding carboxylic acids is 1. The quantitative estimate of drug-likeness (QED) is 0.785. The first-order valence-corrected chi connectivity index (χ1v) is 8.54. The molecule has 0 radical (unpaired) electrons. The zero-order valence-electron chi connectivity index (χ0n) is 12.8. The fourth-order valence-corrected chi connectivity index (χ4v) is 3.99. The van der Waals surface area contributed by atoms with Crippen LogP contribution >= 0.6 is 11.3 Å². The summed E-state index contributed by atoms with van der Waals surface area (Å²) in [5.74, 6) is 0.359. The normalized spacial score (nSPS) is 18.5. The van der Waals surface area contributed by atoms with Crippen molar-refractivity contribution >= 4 is 28.4 Å². The van der Waals surface area contributed by atoms with Crippen molar-refractivity contribution in [3.8, 4) is 0 Å². The van der Waals surface area contributed by atoms with E-state index < -0.39 is 0 Å². The Morgan fingerprint density at radius 1 is 1.35 bits per heavy atom. The van der Waals surface area contributed by atoms with Gasteiger partial charge in [0.2, 0.25) is 0 Å². The molecule has 3 aromatic heterocycles. The summed E-state index contributed by atoms with van der Waals surface area (Å²) in [6, 6.07) is 3.92. The minimum atomic E-state index is 0.128. The second-order valence-electron chi connectivity index (χ2n) is 5.87. The van der Waals surface area contributed by atoms with Gasteiger partial charge in [-0.2, -0.15) is 5.10 Å². The van der Waals surface area contributed by atoms with Crippen molar-refractivity contribution in [1.29, 1.82) is 0 Å². The smallest absolute Gasteiger partial charge is 0.263 e. The number of hydrogen-bond acceptors (Lipinski definition) is 5. The molecule has 1 N–H and O–H groups in total. The van der Waals surface area contributed by atoms with Gasteiger partial charge in [0.15, 0.2) is 5.65 Å². The lowest BCUT2D eigenvalue weighted by atomic mass is 9.94. The molecule has 0 aromatic carbocycles. The number of piperidine rings is 1. The van der Waals surface area contributed by atoms with Crippen LogP contribution in [0.2, 0.25) is 0 Å². The Bertz CT molecular complexity index is 855. The molecule has 0 spiro atoms. The van der Waals surface area contributed by atoms with Gasteiger partial charge in [0, 0.05) is 36.3 Å². The van der Waals surface area contributed by atoms with Crippen molar-refractivity contribution in [2.24, 2.45) is 0 Å². The molecular weight excluding hydrogens is 310 g/mol. The van der Waals surface area contributed by atoms with Crippen LogP contribution < -0.4 is 0 Å². The van der Waals surface area contributed by atoms with Crippen LogP contribution in [-0.2, 0) is 0 Å². The summed E-state index contributed by atoms with van der Waals surface area (Å²) in [7, 11) is 0. The molecule has 1 aliphatic rings. The van der Waals surface area contributed by atoms with E-state index in [9.17, 15) is 4.79 Å². The van der Waals surface area contributed by atoms with E-state index in [2.05, 4.69) is 20.2 Å². The van der Waals surface area contributed by atoms with E-state index in [-0.39, 0.29) is 11.8 Å². The van der Waals surface area contributed by atoms with Crippen LogP contribution in [0.3, 0.4) is 0 Å². The Morgan fingerprint density at radius 2 is 2.22 bits per heavy atom. The van der Waals surface area contributed by atoms with Crippen molar-refractivity contribution < 1.29 is 4.79 Å². The molecule has 6 nitrogen and oxygen atoms in total. The molecular formula is C16H17N5OS. The number of hydrogen-bond donors (Lipinski definition) is 1. The molecule has 1 amide bonds. The number of rotatable bonds is 2. The van der Waals surface area contributed by atoms with Crippen molar-refractivity contribution in [2.75, 3.05) is 13.1 Å². The average Bonchev–Trinajstić information content (AvgIpc) is 3.20. The van der Waals surface area contributed by atoms with E-state index in [0.29, 0.717) is 12.2 Å². The minimum absolute atomic E-state index is 0.128. The van der Waals surface area contributed by atoms with Gasteiger partial charge < -0.3 is 4.90 Å². The van der Waals surface area contributed by atoms with Gasteiger partial charge in [0.1, 0.15) is 5.52 Å². The number of fused-ring (bicyclic) bond motifs is 1. The number of aryl methyl sites for hydroxylation is 1. The standard InChI is InChI=1S/C16H17N5OS/c1-10-4-5-12(23-10)16(22)21-8-2-3-11(9-21)13-14-15(20-19-13)18-7-6-17-14/h4-7,11H,2-3,8-9H2,1H3,(H,18,19,20). The lowest BCUT2D eigenvalue weighted by Gasteiger charge is -2.32.